The Morgan fingerprint density at radius 2 is 1.59 bits per heavy atom. The second-order valence-electron chi connectivity index (χ2n) is 8.83. The van der Waals surface area contributed by atoms with E-state index in [4.69, 9.17) is 4.98 Å². The molecule has 1 fully saturated rings. The molecule has 1 aliphatic rings. The summed E-state index contributed by atoms with van der Waals surface area (Å²) in [5, 5.41) is 7.58. The van der Waals surface area contributed by atoms with E-state index < -0.39 is 0 Å². The molecule has 0 radical (unpaired) electrons. The molecule has 1 aliphatic heterocycles. The third-order valence-electron chi connectivity index (χ3n) is 6.51. The molecule has 0 unspecified atom stereocenters. The van der Waals surface area contributed by atoms with Gasteiger partial charge in [-0.05, 0) is 18.6 Å². The highest BCUT2D eigenvalue weighted by Crippen LogP contribution is 2.32. The number of fused-ring (bicyclic) bond motifs is 1. The summed E-state index contributed by atoms with van der Waals surface area (Å²) in [6.45, 7) is 6.52. The van der Waals surface area contributed by atoms with Crippen LogP contribution in [0.1, 0.15) is 34.5 Å². The number of amides is 1. The zero-order valence-electron chi connectivity index (χ0n) is 19.5. The lowest BCUT2D eigenvalue weighted by molar-refractivity contribution is 0.0939. The summed E-state index contributed by atoms with van der Waals surface area (Å²) in [5.41, 5.74) is 5.55. The number of hydrogen-bond acceptors (Lipinski definition) is 4. The van der Waals surface area contributed by atoms with Gasteiger partial charge in [0, 0.05) is 49.2 Å². The highest BCUT2D eigenvalue weighted by molar-refractivity contribution is 6.09. The first kappa shape index (κ1) is 22.3. The maximum Gasteiger partial charge on any atom is 0.252 e. The Hall–Kier alpha value is -3.54. The van der Waals surface area contributed by atoms with Crippen LogP contribution in [-0.4, -0.2) is 42.0 Å². The maximum absolute atomic E-state index is 13.9. The number of pyridine rings is 1. The molecule has 1 amide bonds. The molecule has 2 N–H and O–H groups in total. The molecule has 1 aromatic heterocycles. The molecule has 1 atom stereocenters. The van der Waals surface area contributed by atoms with Gasteiger partial charge < -0.3 is 10.6 Å². The lowest BCUT2D eigenvalue weighted by Crippen LogP contribution is -2.43. The van der Waals surface area contributed by atoms with Gasteiger partial charge in [-0.3, -0.25) is 9.69 Å². The molecule has 1 saturated heterocycles. The van der Waals surface area contributed by atoms with Crippen molar-refractivity contribution < 1.29 is 4.79 Å². The monoisotopic (exact) mass is 450 g/mol. The van der Waals surface area contributed by atoms with Gasteiger partial charge >= 0.3 is 0 Å². The minimum Gasteiger partial charge on any atom is -0.345 e. The van der Waals surface area contributed by atoms with Crippen molar-refractivity contribution in [1.29, 1.82) is 0 Å². The standard InChI is InChI=1S/C29H30N4O/c1-21(22-10-4-2-5-11-22)31-29(34)27-24-14-8-9-15-26(24)32-28(23-12-6-3-7-13-23)25(27)20-33-18-16-30-17-19-33/h2-15,21,30H,16-20H2,1H3,(H,31,34)/t21-/m0/s1. The lowest BCUT2D eigenvalue weighted by Gasteiger charge is -2.29. The van der Waals surface area contributed by atoms with Crippen molar-refractivity contribution in [2.24, 2.45) is 0 Å². The summed E-state index contributed by atoms with van der Waals surface area (Å²) >= 11 is 0. The van der Waals surface area contributed by atoms with Gasteiger partial charge in [0.2, 0.25) is 0 Å². The summed E-state index contributed by atoms with van der Waals surface area (Å²) in [6.07, 6.45) is 0. The van der Waals surface area contributed by atoms with Gasteiger partial charge in [0.05, 0.1) is 22.8 Å². The molecule has 172 valence electrons. The normalized spacial score (nSPS) is 15.2. The first-order chi connectivity index (χ1) is 16.7. The van der Waals surface area contributed by atoms with Crippen molar-refractivity contribution in [3.8, 4) is 11.3 Å². The van der Waals surface area contributed by atoms with Crippen LogP contribution in [0.25, 0.3) is 22.2 Å². The third-order valence-corrected chi connectivity index (χ3v) is 6.51. The lowest BCUT2D eigenvalue weighted by atomic mass is 9.95. The molecule has 0 spiro atoms. The van der Waals surface area contributed by atoms with Crippen molar-refractivity contribution in [3.63, 3.8) is 0 Å². The second-order valence-corrected chi connectivity index (χ2v) is 8.83. The average Bonchev–Trinajstić information content (AvgIpc) is 2.89. The van der Waals surface area contributed by atoms with E-state index in [0.29, 0.717) is 6.54 Å². The minimum absolute atomic E-state index is 0.0581. The van der Waals surface area contributed by atoms with E-state index in [1.807, 2.05) is 79.7 Å². The number of rotatable bonds is 6. The molecular weight excluding hydrogens is 420 g/mol. The van der Waals surface area contributed by atoms with E-state index in [1.54, 1.807) is 0 Å². The largest absolute Gasteiger partial charge is 0.345 e. The van der Waals surface area contributed by atoms with E-state index in [1.165, 1.54) is 0 Å². The summed E-state index contributed by atoms with van der Waals surface area (Å²) < 4.78 is 0. The fraction of sp³-hybridized carbons (Fsp3) is 0.241. The van der Waals surface area contributed by atoms with Crippen LogP contribution < -0.4 is 10.6 Å². The highest BCUT2D eigenvalue weighted by Gasteiger charge is 2.25. The Morgan fingerprint density at radius 1 is 0.941 bits per heavy atom. The molecule has 0 saturated carbocycles. The summed E-state index contributed by atoms with van der Waals surface area (Å²) in [7, 11) is 0. The zero-order chi connectivity index (χ0) is 23.3. The molecular formula is C29H30N4O. The van der Waals surface area contributed by atoms with Crippen LogP contribution in [0, 0.1) is 0 Å². The van der Waals surface area contributed by atoms with E-state index in [2.05, 4.69) is 27.7 Å². The Kier molecular flexibility index (Phi) is 6.65. The highest BCUT2D eigenvalue weighted by atomic mass is 16.1. The zero-order valence-corrected chi connectivity index (χ0v) is 19.5. The average molecular weight is 451 g/mol. The smallest absolute Gasteiger partial charge is 0.252 e. The number of nitrogens with zero attached hydrogens (tertiary/aromatic N) is 2. The molecule has 34 heavy (non-hydrogen) atoms. The number of benzene rings is 3. The third kappa shape index (κ3) is 4.72. The van der Waals surface area contributed by atoms with Crippen molar-refractivity contribution in [1.82, 2.24) is 20.5 Å². The molecule has 4 aromatic rings. The molecule has 5 nitrogen and oxygen atoms in total. The fourth-order valence-electron chi connectivity index (χ4n) is 4.69. The number of para-hydroxylation sites is 1. The van der Waals surface area contributed by atoms with E-state index in [9.17, 15) is 4.79 Å². The molecule has 5 heteroatoms. The number of piperazine rings is 1. The van der Waals surface area contributed by atoms with Crippen LogP contribution in [0.4, 0.5) is 0 Å². The Labute approximate surface area is 200 Å². The number of nitrogens with one attached hydrogen (secondary N) is 2. The minimum atomic E-state index is -0.104. The maximum atomic E-state index is 13.9. The second kappa shape index (κ2) is 10.2. The van der Waals surface area contributed by atoms with Crippen LogP contribution in [0.5, 0.6) is 0 Å². The van der Waals surface area contributed by atoms with Crippen molar-refractivity contribution in [2.75, 3.05) is 26.2 Å². The molecule has 0 bridgehead atoms. The van der Waals surface area contributed by atoms with E-state index in [0.717, 1.165) is 65.0 Å². The fourth-order valence-corrected chi connectivity index (χ4v) is 4.69. The van der Waals surface area contributed by atoms with Crippen LogP contribution in [0.3, 0.4) is 0 Å². The van der Waals surface area contributed by atoms with Crippen LogP contribution in [0.15, 0.2) is 84.9 Å². The Balaban J connectivity index is 1.64. The molecule has 5 rings (SSSR count). The summed E-state index contributed by atoms with van der Waals surface area (Å²) in [5.74, 6) is -0.0581. The van der Waals surface area contributed by atoms with Gasteiger partial charge in [-0.1, -0.05) is 78.9 Å². The SMILES string of the molecule is C[C@H](NC(=O)c1c(CN2CCNCC2)c(-c2ccccc2)nc2ccccc12)c1ccccc1. The van der Waals surface area contributed by atoms with Crippen molar-refractivity contribution in [2.45, 2.75) is 19.5 Å². The summed E-state index contributed by atoms with van der Waals surface area (Å²) in [6, 6.07) is 28.2. The Bertz CT molecular complexity index is 1270. The van der Waals surface area contributed by atoms with E-state index >= 15 is 0 Å². The van der Waals surface area contributed by atoms with Gasteiger partial charge in [-0.2, -0.15) is 0 Å². The van der Waals surface area contributed by atoms with Crippen molar-refractivity contribution in [3.05, 3.63) is 102 Å². The van der Waals surface area contributed by atoms with Gasteiger partial charge in [0.1, 0.15) is 0 Å². The predicted molar refractivity (Wildman–Crippen MR) is 138 cm³/mol. The number of carbonyl (C=O) groups excluding carboxylic acids is 1. The first-order valence-corrected chi connectivity index (χ1v) is 12.0. The van der Waals surface area contributed by atoms with Gasteiger partial charge in [0.25, 0.3) is 5.91 Å². The topological polar surface area (TPSA) is 57.3 Å². The first-order valence-electron chi connectivity index (χ1n) is 12.0. The Morgan fingerprint density at radius 3 is 2.32 bits per heavy atom. The molecule has 0 aliphatic carbocycles. The van der Waals surface area contributed by atoms with Gasteiger partial charge in [-0.15, -0.1) is 0 Å². The number of hydrogen-bond donors (Lipinski definition) is 2. The summed E-state index contributed by atoms with van der Waals surface area (Å²) in [4.78, 5) is 21.4. The molecule has 2 heterocycles. The van der Waals surface area contributed by atoms with Crippen molar-refractivity contribution >= 4 is 16.8 Å². The van der Waals surface area contributed by atoms with Crippen LogP contribution in [0.2, 0.25) is 0 Å². The number of aromatic nitrogens is 1. The number of carbonyl (C=O) groups is 1. The van der Waals surface area contributed by atoms with Gasteiger partial charge in [0.15, 0.2) is 0 Å². The predicted octanol–water partition coefficient (Wildman–Crippen LogP) is 4.80. The molecule has 3 aromatic carbocycles. The van der Waals surface area contributed by atoms with Crippen LogP contribution in [-0.2, 0) is 6.54 Å². The van der Waals surface area contributed by atoms with Crippen LogP contribution >= 0.6 is 0 Å². The van der Waals surface area contributed by atoms with E-state index in [-0.39, 0.29) is 11.9 Å². The quantitative estimate of drug-likeness (QED) is 0.443. The van der Waals surface area contributed by atoms with Gasteiger partial charge in [-0.25, -0.2) is 4.98 Å².